The maximum atomic E-state index is 9.30. The first kappa shape index (κ1) is 11.7. The van der Waals surface area contributed by atoms with Gasteiger partial charge in [0.05, 0.1) is 6.61 Å². The zero-order chi connectivity index (χ0) is 10.6. The van der Waals surface area contributed by atoms with Crippen molar-refractivity contribution in [2.75, 3.05) is 13.2 Å². The van der Waals surface area contributed by atoms with Crippen molar-refractivity contribution in [3.63, 3.8) is 0 Å². The summed E-state index contributed by atoms with van der Waals surface area (Å²) in [5.41, 5.74) is 1.48. The smallest absolute Gasteiger partial charge is 0.0587 e. The minimum atomic E-state index is 0.262. The molecule has 0 saturated carbocycles. The van der Waals surface area contributed by atoms with Gasteiger partial charge in [0.2, 0.25) is 0 Å². The van der Waals surface area contributed by atoms with Crippen molar-refractivity contribution in [3.8, 4) is 0 Å². The maximum absolute atomic E-state index is 9.30. The molecule has 2 N–H and O–H groups in total. The van der Waals surface area contributed by atoms with E-state index in [0.717, 1.165) is 13.0 Å². The summed E-state index contributed by atoms with van der Waals surface area (Å²) in [5, 5.41) is 12.7. The molecule has 1 rings (SSSR count). The summed E-state index contributed by atoms with van der Waals surface area (Å²) in [7, 11) is 0. The Morgan fingerprint density at radius 1 is 1.64 bits per heavy atom. The first-order valence-electron chi connectivity index (χ1n) is 5.68. The number of aliphatic hydroxyl groups excluding tert-OH is 1. The minimum absolute atomic E-state index is 0.262. The number of nitrogens with one attached hydrogen (secondary N) is 1. The van der Waals surface area contributed by atoms with Gasteiger partial charge in [-0.05, 0) is 38.1 Å². The summed E-state index contributed by atoms with van der Waals surface area (Å²) in [6, 6.07) is 0.283. The second kappa shape index (κ2) is 5.52. The lowest BCUT2D eigenvalue weighted by atomic mass is 9.80. The van der Waals surface area contributed by atoms with E-state index in [1.807, 2.05) is 0 Å². The van der Waals surface area contributed by atoms with Crippen LogP contribution in [0.15, 0.2) is 11.6 Å². The van der Waals surface area contributed by atoms with E-state index in [2.05, 4.69) is 32.2 Å². The highest BCUT2D eigenvalue weighted by Gasteiger charge is 2.24. The van der Waals surface area contributed by atoms with Gasteiger partial charge in [-0.2, -0.15) is 0 Å². The highest BCUT2D eigenvalue weighted by molar-refractivity contribution is 5.07. The van der Waals surface area contributed by atoms with Crippen molar-refractivity contribution >= 4 is 0 Å². The molecule has 0 aromatic heterocycles. The molecule has 0 radical (unpaired) electrons. The van der Waals surface area contributed by atoms with Crippen molar-refractivity contribution < 1.29 is 5.11 Å². The zero-order valence-electron chi connectivity index (χ0n) is 9.59. The molecule has 2 nitrogen and oxygen atoms in total. The van der Waals surface area contributed by atoms with Gasteiger partial charge in [-0.25, -0.2) is 0 Å². The van der Waals surface area contributed by atoms with E-state index in [-0.39, 0.29) is 12.6 Å². The van der Waals surface area contributed by atoms with Gasteiger partial charge in [0.25, 0.3) is 0 Å². The second-order valence-corrected chi connectivity index (χ2v) is 4.54. The largest absolute Gasteiger partial charge is 0.395 e. The van der Waals surface area contributed by atoms with Crippen LogP contribution >= 0.6 is 0 Å². The van der Waals surface area contributed by atoms with Gasteiger partial charge in [0.15, 0.2) is 0 Å². The van der Waals surface area contributed by atoms with Crippen LogP contribution in [0.2, 0.25) is 0 Å². The fraction of sp³-hybridized carbons (Fsp3) is 0.833. The highest BCUT2D eigenvalue weighted by Crippen LogP contribution is 2.29. The Kier molecular flexibility index (Phi) is 4.63. The van der Waals surface area contributed by atoms with E-state index in [9.17, 15) is 5.11 Å². The minimum Gasteiger partial charge on any atom is -0.395 e. The average Bonchev–Trinajstić information content (AvgIpc) is 2.12. The predicted molar refractivity (Wildman–Crippen MR) is 60.2 cm³/mol. The van der Waals surface area contributed by atoms with Crippen LogP contribution in [0.5, 0.6) is 0 Å². The highest BCUT2D eigenvalue weighted by atomic mass is 16.3. The van der Waals surface area contributed by atoms with Gasteiger partial charge < -0.3 is 10.4 Å². The van der Waals surface area contributed by atoms with Crippen LogP contribution in [-0.4, -0.2) is 24.3 Å². The Hall–Kier alpha value is -0.340. The maximum Gasteiger partial charge on any atom is 0.0587 e. The number of aliphatic hydroxyl groups is 1. The Morgan fingerprint density at radius 2 is 2.36 bits per heavy atom. The van der Waals surface area contributed by atoms with Crippen molar-refractivity contribution in [2.24, 2.45) is 11.8 Å². The molecule has 0 heterocycles. The monoisotopic (exact) mass is 197 g/mol. The van der Waals surface area contributed by atoms with Crippen LogP contribution in [0.3, 0.4) is 0 Å². The summed E-state index contributed by atoms with van der Waals surface area (Å²) >= 11 is 0. The Balaban J connectivity index is 2.55. The molecule has 3 atom stereocenters. The SMILES string of the molecule is CCNC(CO)C1CC(C)=CC(C)C1. The molecule has 3 unspecified atom stereocenters. The van der Waals surface area contributed by atoms with Crippen molar-refractivity contribution in [1.29, 1.82) is 0 Å². The molecule has 0 aromatic carbocycles. The molecular weight excluding hydrogens is 174 g/mol. The summed E-state index contributed by atoms with van der Waals surface area (Å²) in [4.78, 5) is 0. The predicted octanol–water partition coefficient (Wildman–Crippen LogP) is 1.95. The van der Waals surface area contributed by atoms with E-state index < -0.39 is 0 Å². The third-order valence-electron chi connectivity index (χ3n) is 3.06. The Bertz CT molecular complexity index is 200. The number of likely N-dealkylation sites (N-methyl/N-ethyl adjacent to an activating group) is 1. The van der Waals surface area contributed by atoms with Gasteiger partial charge in [-0.1, -0.05) is 25.5 Å². The molecule has 1 aliphatic rings. The van der Waals surface area contributed by atoms with Crippen LogP contribution in [0, 0.1) is 11.8 Å². The van der Waals surface area contributed by atoms with Crippen LogP contribution in [0.1, 0.15) is 33.6 Å². The second-order valence-electron chi connectivity index (χ2n) is 4.54. The van der Waals surface area contributed by atoms with Crippen molar-refractivity contribution in [2.45, 2.75) is 39.7 Å². The number of hydrogen-bond acceptors (Lipinski definition) is 2. The van der Waals surface area contributed by atoms with Gasteiger partial charge in [0, 0.05) is 6.04 Å². The normalized spacial score (nSPS) is 29.9. The van der Waals surface area contributed by atoms with E-state index in [1.54, 1.807) is 0 Å². The molecule has 0 saturated heterocycles. The van der Waals surface area contributed by atoms with Crippen LogP contribution < -0.4 is 5.32 Å². The molecular formula is C12H23NO. The molecule has 0 spiro atoms. The van der Waals surface area contributed by atoms with Crippen LogP contribution in [0.25, 0.3) is 0 Å². The Morgan fingerprint density at radius 3 is 2.86 bits per heavy atom. The van der Waals surface area contributed by atoms with Crippen LogP contribution in [-0.2, 0) is 0 Å². The fourth-order valence-corrected chi connectivity index (χ4v) is 2.55. The molecule has 82 valence electrons. The molecule has 0 aromatic rings. The molecule has 0 amide bonds. The Labute approximate surface area is 87.4 Å². The molecule has 0 aliphatic heterocycles. The van der Waals surface area contributed by atoms with Gasteiger partial charge in [-0.3, -0.25) is 0 Å². The van der Waals surface area contributed by atoms with Crippen molar-refractivity contribution in [1.82, 2.24) is 5.32 Å². The standard InChI is InChI=1S/C12H23NO/c1-4-13-12(8-14)11-6-9(2)5-10(3)7-11/h5,9,11-14H,4,6-8H2,1-3H3. The number of rotatable bonds is 4. The first-order valence-corrected chi connectivity index (χ1v) is 5.68. The van der Waals surface area contributed by atoms with Gasteiger partial charge in [-0.15, -0.1) is 0 Å². The topological polar surface area (TPSA) is 32.3 Å². The lowest BCUT2D eigenvalue weighted by molar-refractivity contribution is 0.183. The lowest BCUT2D eigenvalue weighted by Gasteiger charge is -2.31. The first-order chi connectivity index (χ1) is 6.67. The van der Waals surface area contributed by atoms with E-state index in [0.29, 0.717) is 11.8 Å². The molecule has 0 bridgehead atoms. The quantitative estimate of drug-likeness (QED) is 0.675. The van der Waals surface area contributed by atoms with E-state index in [1.165, 1.54) is 12.0 Å². The van der Waals surface area contributed by atoms with E-state index >= 15 is 0 Å². The summed E-state index contributed by atoms with van der Waals surface area (Å²) in [5.74, 6) is 1.28. The third-order valence-corrected chi connectivity index (χ3v) is 3.06. The van der Waals surface area contributed by atoms with Crippen LogP contribution in [0.4, 0.5) is 0 Å². The fourth-order valence-electron chi connectivity index (χ4n) is 2.55. The third kappa shape index (κ3) is 3.10. The lowest BCUT2D eigenvalue weighted by Crippen LogP contribution is -2.40. The van der Waals surface area contributed by atoms with Gasteiger partial charge in [0.1, 0.15) is 0 Å². The molecule has 0 fully saturated rings. The molecule has 14 heavy (non-hydrogen) atoms. The summed E-state index contributed by atoms with van der Waals surface area (Å²) in [6.07, 6.45) is 4.70. The zero-order valence-corrected chi connectivity index (χ0v) is 9.59. The molecule has 1 aliphatic carbocycles. The van der Waals surface area contributed by atoms with E-state index in [4.69, 9.17) is 0 Å². The van der Waals surface area contributed by atoms with Gasteiger partial charge >= 0.3 is 0 Å². The molecule has 2 heteroatoms. The number of hydrogen-bond donors (Lipinski definition) is 2. The number of allylic oxidation sites excluding steroid dienone is 2. The summed E-state index contributed by atoms with van der Waals surface area (Å²) in [6.45, 7) is 7.76. The van der Waals surface area contributed by atoms with Crippen molar-refractivity contribution in [3.05, 3.63) is 11.6 Å². The summed E-state index contributed by atoms with van der Waals surface area (Å²) < 4.78 is 0. The average molecular weight is 197 g/mol.